The molecule has 3 aromatic rings. The van der Waals surface area contributed by atoms with E-state index in [0.717, 1.165) is 34.0 Å². The summed E-state index contributed by atoms with van der Waals surface area (Å²) in [5.41, 5.74) is 2.83. The molecule has 6 nitrogen and oxygen atoms in total. The molecule has 0 spiro atoms. The van der Waals surface area contributed by atoms with Crippen LogP contribution in [0.3, 0.4) is 0 Å². The average molecular weight is 438 g/mol. The SMILES string of the molecule is CCCCOc1c2n(c(Cc3ccccc3-c3ccccc3)nc1=O)CCN(Cl)C2=O. The maximum absolute atomic E-state index is 12.8. The minimum Gasteiger partial charge on any atom is -0.486 e. The van der Waals surface area contributed by atoms with Crippen molar-refractivity contribution in [3.63, 3.8) is 0 Å². The molecule has 4 rings (SSSR count). The maximum Gasteiger partial charge on any atom is 0.316 e. The van der Waals surface area contributed by atoms with Crippen LogP contribution < -0.4 is 10.3 Å². The fourth-order valence-corrected chi connectivity index (χ4v) is 3.92. The van der Waals surface area contributed by atoms with E-state index in [1.54, 1.807) is 4.57 Å². The lowest BCUT2D eigenvalue weighted by Crippen LogP contribution is -2.39. The molecule has 7 heteroatoms. The highest BCUT2D eigenvalue weighted by molar-refractivity contribution is 6.24. The number of carbonyl (C=O) groups excluding carboxylic acids is 1. The van der Waals surface area contributed by atoms with E-state index >= 15 is 0 Å². The monoisotopic (exact) mass is 437 g/mol. The summed E-state index contributed by atoms with van der Waals surface area (Å²) in [6.45, 7) is 3.17. The van der Waals surface area contributed by atoms with Gasteiger partial charge in [-0.15, -0.1) is 0 Å². The molecular formula is C24H24ClN3O3. The van der Waals surface area contributed by atoms with Gasteiger partial charge in [-0.05, 0) is 23.1 Å². The molecule has 2 heterocycles. The molecule has 0 unspecified atom stereocenters. The van der Waals surface area contributed by atoms with E-state index in [9.17, 15) is 9.59 Å². The Morgan fingerprint density at radius 1 is 1.03 bits per heavy atom. The summed E-state index contributed by atoms with van der Waals surface area (Å²) in [4.78, 5) is 30.0. The van der Waals surface area contributed by atoms with Gasteiger partial charge in [0.1, 0.15) is 5.82 Å². The van der Waals surface area contributed by atoms with Gasteiger partial charge >= 0.3 is 5.56 Å². The van der Waals surface area contributed by atoms with E-state index in [1.807, 2.05) is 61.5 Å². The first-order valence-electron chi connectivity index (χ1n) is 10.5. The molecule has 160 valence electrons. The van der Waals surface area contributed by atoms with Gasteiger partial charge in [-0.25, -0.2) is 4.42 Å². The predicted molar refractivity (Wildman–Crippen MR) is 120 cm³/mol. The molecule has 1 aromatic heterocycles. The number of benzene rings is 2. The van der Waals surface area contributed by atoms with Gasteiger partial charge in [0.2, 0.25) is 5.75 Å². The Balaban J connectivity index is 1.79. The van der Waals surface area contributed by atoms with Gasteiger partial charge in [-0.2, -0.15) is 4.98 Å². The summed E-state index contributed by atoms with van der Waals surface area (Å²) in [6.07, 6.45) is 2.11. The highest BCUT2D eigenvalue weighted by atomic mass is 35.5. The van der Waals surface area contributed by atoms with E-state index in [0.29, 0.717) is 31.9 Å². The second-order valence-corrected chi connectivity index (χ2v) is 7.86. The van der Waals surface area contributed by atoms with Crippen LogP contribution in [-0.2, 0) is 13.0 Å². The number of hydrogen-bond acceptors (Lipinski definition) is 4. The summed E-state index contributed by atoms with van der Waals surface area (Å²) < 4.78 is 8.57. The normalized spacial score (nSPS) is 13.2. The summed E-state index contributed by atoms with van der Waals surface area (Å²) in [5.74, 6) is 0.0877. The zero-order valence-electron chi connectivity index (χ0n) is 17.4. The molecule has 1 aliphatic heterocycles. The van der Waals surface area contributed by atoms with Crippen LogP contribution in [0, 0.1) is 0 Å². The van der Waals surface area contributed by atoms with Crippen molar-refractivity contribution in [2.75, 3.05) is 13.2 Å². The average Bonchev–Trinajstić information content (AvgIpc) is 2.79. The molecule has 0 saturated heterocycles. The topological polar surface area (TPSA) is 64.4 Å². The Morgan fingerprint density at radius 2 is 1.77 bits per heavy atom. The molecule has 0 fully saturated rings. The van der Waals surface area contributed by atoms with Crippen molar-refractivity contribution in [3.05, 3.63) is 82.0 Å². The number of ether oxygens (including phenoxy) is 1. The first-order valence-corrected chi connectivity index (χ1v) is 10.8. The Kier molecular flexibility index (Phi) is 6.37. The highest BCUT2D eigenvalue weighted by Crippen LogP contribution is 2.27. The van der Waals surface area contributed by atoms with Crippen LogP contribution in [0.4, 0.5) is 0 Å². The molecule has 2 aromatic carbocycles. The quantitative estimate of drug-likeness (QED) is 0.408. The molecule has 1 aliphatic rings. The third-order valence-electron chi connectivity index (χ3n) is 5.36. The molecule has 0 radical (unpaired) electrons. The van der Waals surface area contributed by atoms with E-state index in [1.165, 1.54) is 0 Å². The summed E-state index contributed by atoms with van der Waals surface area (Å²) >= 11 is 6.09. The maximum atomic E-state index is 12.8. The molecule has 31 heavy (non-hydrogen) atoms. The molecule has 0 saturated carbocycles. The minimum atomic E-state index is -0.533. The van der Waals surface area contributed by atoms with Crippen molar-refractivity contribution in [1.82, 2.24) is 14.0 Å². The van der Waals surface area contributed by atoms with Crippen LogP contribution in [-0.4, -0.2) is 33.0 Å². The molecule has 1 amide bonds. The Hall–Kier alpha value is -3.12. The Labute approximate surface area is 186 Å². The fraction of sp³-hybridized carbons (Fsp3) is 0.292. The third kappa shape index (κ3) is 4.35. The number of rotatable bonds is 7. The number of fused-ring (bicyclic) bond motifs is 1. The van der Waals surface area contributed by atoms with E-state index in [2.05, 4.69) is 4.98 Å². The van der Waals surface area contributed by atoms with Gasteiger partial charge in [-0.1, -0.05) is 67.9 Å². The van der Waals surface area contributed by atoms with Gasteiger partial charge in [-0.3, -0.25) is 9.59 Å². The first kappa shape index (κ1) is 21.1. The molecule has 0 atom stereocenters. The fourth-order valence-electron chi connectivity index (χ4n) is 3.77. The second-order valence-electron chi connectivity index (χ2n) is 7.46. The number of amides is 1. The van der Waals surface area contributed by atoms with Crippen LogP contribution in [0.5, 0.6) is 5.75 Å². The van der Waals surface area contributed by atoms with Crippen LogP contribution >= 0.6 is 11.8 Å². The highest BCUT2D eigenvalue weighted by Gasteiger charge is 2.31. The van der Waals surface area contributed by atoms with Crippen LogP contribution in [0.25, 0.3) is 11.1 Å². The van der Waals surface area contributed by atoms with Gasteiger partial charge in [0.05, 0.1) is 13.2 Å². The van der Waals surface area contributed by atoms with E-state index in [-0.39, 0.29) is 11.4 Å². The number of hydrogen-bond donors (Lipinski definition) is 0. The number of halogens is 1. The van der Waals surface area contributed by atoms with E-state index < -0.39 is 11.5 Å². The molecule has 0 bridgehead atoms. The van der Waals surface area contributed by atoms with Gasteiger partial charge in [0, 0.05) is 24.7 Å². The summed E-state index contributed by atoms with van der Waals surface area (Å²) in [6, 6.07) is 18.1. The van der Waals surface area contributed by atoms with Crippen LogP contribution in [0.1, 0.15) is 41.6 Å². The number of carbonyl (C=O) groups is 1. The number of unbranched alkanes of at least 4 members (excludes halogenated alkanes) is 1. The lowest BCUT2D eigenvalue weighted by molar-refractivity contribution is 0.0814. The molecule has 0 aliphatic carbocycles. The second kappa shape index (κ2) is 9.35. The third-order valence-corrected chi connectivity index (χ3v) is 5.68. The van der Waals surface area contributed by atoms with Crippen LogP contribution in [0.2, 0.25) is 0 Å². The van der Waals surface area contributed by atoms with Gasteiger partial charge in [0.15, 0.2) is 5.69 Å². The predicted octanol–water partition coefficient (Wildman–Crippen LogP) is 4.29. The molecular weight excluding hydrogens is 414 g/mol. The van der Waals surface area contributed by atoms with Gasteiger partial charge < -0.3 is 9.30 Å². The zero-order valence-corrected chi connectivity index (χ0v) is 18.1. The van der Waals surface area contributed by atoms with Crippen molar-refractivity contribution >= 4 is 17.7 Å². The first-order chi connectivity index (χ1) is 15.1. The summed E-state index contributed by atoms with van der Waals surface area (Å²) in [5, 5.41) is 0. The van der Waals surface area contributed by atoms with E-state index in [4.69, 9.17) is 16.5 Å². The van der Waals surface area contributed by atoms with Crippen molar-refractivity contribution < 1.29 is 9.53 Å². The van der Waals surface area contributed by atoms with Crippen molar-refractivity contribution in [1.29, 1.82) is 0 Å². The van der Waals surface area contributed by atoms with Crippen molar-refractivity contribution in [3.8, 4) is 16.9 Å². The van der Waals surface area contributed by atoms with Crippen LogP contribution in [0.15, 0.2) is 59.4 Å². The minimum absolute atomic E-state index is 0.0103. The zero-order chi connectivity index (χ0) is 21.8. The number of aromatic nitrogens is 2. The lowest BCUT2D eigenvalue weighted by atomic mass is 9.97. The standard InChI is InChI=1S/C24H24ClN3O3/c1-2-3-15-31-22-21-24(30)28(25)14-13-27(21)20(26-23(22)29)16-18-11-7-8-12-19(18)17-9-5-4-6-10-17/h4-12H,2-3,13-16H2,1H3. The molecule has 0 N–H and O–H groups in total. The largest absolute Gasteiger partial charge is 0.486 e. The lowest BCUT2D eigenvalue weighted by Gasteiger charge is -2.27. The Morgan fingerprint density at radius 3 is 2.55 bits per heavy atom. The van der Waals surface area contributed by atoms with Gasteiger partial charge in [0.25, 0.3) is 5.91 Å². The van der Waals surface area contributed by atoms with Crippen molar-refractivity contribution in [2.45, 2.75) is 32.7 Å². The number of nitrogens with zero attached hydrogens (tertiary/aromatic N) is 3. The smallest absolute Gasteiger partial charge is 0.316 e. The summed E-state index contributed by atoms with van der Waals surface area (Å²) in [7, 11) is 0. The van der Waals surface area contributed by atoms with Crippen molar-refractivity contribution in [2.24, 2.45) is 0 Å². The Bertz CT molecular complexity index is 1140.